The van der Waals surface area contributed by atoms with Gasteiger partial charge in [-0.1, -0.05) is 139 Å². The number of allylic oxidation sites excluding steroid dienone is 10. The molecule has 2 rings (SSSR count). The van der Waals surface area contributed by atoms with E-state index in [4.69, 9.17) is 9.47 Å². The second-order valence-corrected chi connectivity index (χ2v) is 14.6. The van der Waals surface area contributed by atoms with Crippen LogP contribution in [-0.2, 0) is 9.47 Å². The molecule has 0 aromatic carbocycles. The molecule has 270 valence electrons. The fourth-order valence-electron chi connectivity index (χ4n) is 7.12. The molecule has 1 saturated heterocycles. The Balaban J connectivity index is 1.56. The summed E-state index contributed by atoms with van der Waals surface area (Å²) in [6.45, 7) is 4.45. The van der Waals surface area contributed by atoms with Crippen molar-refractivity contribution in [2.45, 2.75) is 205 Å². The van der Waals surface area contributed by atoms with Crippen molar-refractivity contribution in [3.05, 3.63) is 60.8 Å². The van der Waals surface area contributed by atoms with Crippen LogP contribution in [0, 0.1) is 0 Å². The molecule has 0 bridgehead atoms. The molecule has 3 heteroatoms. The van der Waals surface area contributed by atoms with Crippen molar-refractivity contribution >= 4 is 0 Å². The molecular formula is C44H77NO2. The van der Waals surface area contributed by atoms with Gasteiger partial charge in [-0.15, -0.1) is 0 Å². The van der Waals surface area contributed by atoms with Crippen molar-refractivity contribution in [1.29, 1.82) is 0 Å². The molecule has 0 radical (unpaired) electrons. The van der Waals surface area contributed by atoms with E-state index in [-0.39, 0.29) is 5.79 Å². The van der Waals surface area contributed by atoms with Crippen molar-refractivity contribution in [3.8, 4) is 0 Å². The highest BCUT2D eigenvalue weighted by molar-refractivity contribution is 4.98. The highest BCUT2D eigenvalue weighted by Crippen LogP contribution is 2.44. The molecule has 2 fully saturated rings. The number of hydrogen-bond donors (Lipinski definition) is 0. The Kier molecular flexibility index (Phi) is 25.2. The minimum Gasteiger partial charge on any atom is -0.344 e. The van der Waals surface area contributed by atoms with Crippen LogP contribution < -0.4 is 0 Å². The topological polar surface area (TPSA) is 21.7 Å². The fourth-order valence-corrected chi connectivity index (χ4v) is 7.12. The number of rotatable bonds is 30. The average Bonchev–Trinajstić information content (AvgIpc) is 3.61. The monoisotopic (exact) mass is 652 g/mol. The molecule has 47 heavy (non-hydrogen) atoms. The van der Waals surface area contributed by atoms with E-state index in [0.29, 0.717) is 18.2 Å². The van der Waals surface area contributed by atoms with Gasteiger partial charge in [-0.3, -0.25) is 0 Å². The summed E-state index contributed by atoms with van der Waals surface area (Å²) in [4.78, 5) is 2.36. The summed E-state index contributed by atoms with van der Waals surface area (Å²) < 4.78 is 13.7. The van der Waals surface area contributed by atoms with Crippen LogP contribution in [0.25, 0.3) is 0 Å². The first-order valence-electron chi connectivity index (χ1n) is 20.4. The van der Waals surface area contributed by atoms with Gasteiger partial charge in [-0.2, -0.15) is 0 Å². The third kappa shape index (κ3) is 20.6. The highest BCUT2D eigenvalue weighted by atomic mass is 16.8. The molecule has 3 nitrogen and oxygen atoms in total. The standard InChI is InChI=1S/C44H77NO2/c1-5-7-9-11-13-15-17-19-21-23-25-27-29-31-33-35-37-44(46-42-39-41(45(3)4)40-43(42)47-44)38-36-34-32-30-28-26-24-22-20-18-16-14-12-10-8-6-2/h7,9,13-16,19-22,41-43H,5-6,8,10-12,17-18,23-40H2,1-4H3/b9-7-,15-13-,16-14-,21-19-,22-20-/t41?,42-,43+,44?. The second-order valence-electron chi connectivity index (χ2n) is 14.6. The third-order valence-electron chi connectivity index (χ3n) is 10.1. The van der Waals surface area contributed by atoms with Crippen molar-refractivity contribution in [2.24, 2.45) is 0 Å². The van der Waals surface area contributed by atoms with E-state index in [1.165, 1.54) is 116 Å². The Morgan fingerprint density at radius 2 is 0.872 bits per heavy atom. The first kappa shape index (κ1) is 41.7. The van der Waals surface area contributed by atoms with Crippen LogP contribution in [0.5, 0.6) is 0 Å². The maximum atomic E-state index is 6.83. The predicted octanol–water partition coefficient (Wildman–Crippen LogP) is 13.4. The van der Waals surface area contributed by atoms with Crippen molar-refractivity contribution in [1.82, 2.24) is 4.90 Å². The van der Waals surface area contributed by atoms with Crippen molar-refractivity contribution < 1.29 is 9.47 Å². The van der Waals surface area contributed by atoms with Gasteiger partial charge in [-0.25, -0.2) is 0 Å². The number of nitrogens with zero attached hydrogens (tertiary/aromatic N) is 1. The van der Waals surface area contributed by atoms with E-state index in [1.54, 1.807) is 0 Å². The number of hydrogen-bond acceptors (Lipinski definition) is 3. The Hall–Kier alpha value is -1.42. The lowest BCUT2D eigenvalue weighted by molar-refractivity contribution is -0.193. The molecule has 0 aromatic heterocycles. The normalized spacial score (nSPS) is 23.4. The van der Waals surface area contributed by atoms with Gasteiger partial charge in [0, 0.05) is 18.9 Å². The van der Waals surface area contributed by atoms with E-state index in [0.717, 1.165) is 51.4 Å². The Morgan fingerprint density at radius 3 is 1.30 bits per heavy atom. The molecule has 0 N–H and O–H groups in total. The summed E-state index contributed by atoms with van der Waals surface area (Å²) in [6, 6.07) is 0.601. The number of unbranched alkanes of at least 4 members (excludes halogenated alkanes) is 15. The highest BCUT2D eigenvalue weighted by Gasteiger charge is 2.51. The molecule has 2 aliphatic rings. The number of fused-ring (bicyclic) bond motifs is 1. The largest absolute Gasteiger partial charge is 0.344 e. The minimum absolute atomic E-state index is 0.299. The van der Waals surface area contributed by atoms with Crippen LogP contribution in [0.3, 0.4) is 0 Å². The lowest BCUT2D eigenvalue weighted by Gasteiger charge is -2.31. The van der Waals surface area contributed by atoms with Gasteiger partial charge in [0.2, 0.25) is 0 Å². The Bertz CT molecular complexity index is 854. The molecule has 4 atom stereocenters. The SMILES string of the molecule is CC/C=C\C/C=C\C/C=C\CCCCCCCCC1(CCCCCCCC/C=C\C/C=C\CCCCC)O[C@H]2CC(N(C)C)C[C@H]2O1. The van der Waals surface area contributed by atoms with Gasteiger partial charge in [0.15, 0.2) is 5.79 Å². The first-order chi connectivity index (χ1) is 23.1. The summed E-state index contributed by atoms with van der Waals surface area (Å²) in [5.74, 6) is -0.312. The Labute approximate surface area is 293 Å². The summed E-state index contributed by atoms with van der Waals surface area (Å²) in [7, 11) is 4.40. The maximum absolute atomic E-state index is 6.83. The molecule has 2 unspecified atom stereocenters. The first-order valence-corrected chi connectivity index (χ1v) is 20.4. The van der Waals surface area contributed by atoms with E-state index in [9.17, 15) is 0 Å². The van der Waals surface area contributed by atoms with E-state index in [2.05, 4.69) is 93.6 Å². The van der Waals surface area contributed by atoms with Crippen LogP contribution in [0.4, 0.5) is 0 Å². The minimum atomic E-state index is -0.312. The Morgan fingerprint density at radius 1 is 0.489 bits per heavy atom. The molecule has 0 spiro atoms. The van der Waals surface area contributed by atoms with Gasteiger partial charge in [-0.05, 0) is 104 Å². The van der Waals surface area contributed by atoms with Crippen molar-refractivity contribution in [2.75, 3.05) is 14.1 Å². The van der Waals surface area contributed by atoms with Gasteiger partial charge in [0.1, 0.15) is 0 Å². The van der Waals surface area contributed by atoms with Gasteiger partial charge < -0.3 is 14.4 Å². The van der Waals surface area contributed by atoms with Gasteiger partial charge >= 0.3 is 0 Å². The van der Waals surface area contributed by atoms with E-state index >= 15 is 0 Å². The van der Waals surface area contributed by atoms with Crippen LogP contribution in [0.1, 0.15) is 181 Å². The average molecular weight is 652 g/mol. The fraction of sp³-hybridized carbons (Fsp3) is 0.773. The smallest absolute Gasteiger partial charge is 0.169 e. The third-order valence-corrected chi connectivity index (χ3v) is 10.1. The van der Waals surface area contributed by atoms with Gasteiger partial charge in [0.05, 0.1) is 12.2 Å². The molecule has 1 aliphatic carbocycles. The van der Waals surface area contributed by atoms with Crippen molar-refractivity contribution in [3.63, 3.8) is 0 Å². The molecule has 0 amide bonds. The second kappa shape index (κ2) is 28.4. The van der Waals surface area contributed by atoms with Gasteiger partial charge in [0.25, 0.3) is 0 Å². The molecule has 0 aromatic rings. The summed E-state index contributed by atoms with van der Waals surface area (Å²) >= 11 is 0. The molecule has 1 saturated carbocycles. The van der Waals surface area contributed by atoms with Crippen LogP contribution in [0.2, 0.25) is 0 Å². The molecule has 1 heterocycles. The summed E-state index contributed by atoms with van der Waals surface area (Å²) in [5.41, 5.74) is 0. The summed E-state index contributed by atoms with van der Waals surface area (Å²) in [5, 5.41) is 0. The maximum Gasteiger partial charge on any atom is 0.169 e. The predicted molar refractivity (Wildman–Crippen MR) is 207 cm³/mol. The van der Waals surface area contributed by atoms with Crippen LogP contribution in [0.15, 0.2) is 60.8 Å². The van der Waals surface area contributed by atoms with Crippen LogP contribution in [-0.4, -0.2) is 43.0 Å². The van der Waals surface area contributed by atoms with E-state index < -0.39 is 0 Å². The molecular weight excluding hydrogens is 574 g/mol. The zero-order valence-corrected chi connectivity index (χ0v) is 31.7. The summed E-state index contributed by atoms with van der Waals surface area (Å²) in [6.07, 6.45) is 56.1. The number of ether oxygens (including phenoxy) is 2. The lowest BCUT2D eigenvalue weighted by Crippen LogP contribution is -2.34. The lowest BCUT2D eigenvalue weighted by atomic mass is 9.98. The molecule has 1 aliphatic heterocycles. The van der Waals surface area contributed by atoms with Crippen LogP contribution >= 0.6 is 0 Å². The zero-order chi connectivity index (χ0) is 33.7. The quantitative estimate of drug-likeness (QED) is 0.0570. The zero-order valence-electron chi connectivity index (χ0n) is 31.7. The van der Waals surface area contributed by atoms with E-state index in [1.807, 2.05) is 0 Å².